The molecule has 1 aliphatic heterocycles. The predicted molar refractivity (Wildman–Crippen MR) is 218 cm³/mol. The van der Waals surface area contributed by atoms with Crippen LogP contribution in [-0.4, -0.2) is 9.55 Å². The van der Waals surface area contributed by atoms with Gasteiger partial charge in [-0.1, -0.05) is 158 Å². The first-order valence-corrected chi connectivity index (χ1v) is 17.8. The van der Waals surface area contributed by atoms with Crippen molar-refractivity contribution in [3.8, 4) is 39.3 Å². The van der Waals surface area contributed by atoms with Gasteiger partial charge in [0.2, 0.25) is 0 Å². The highest BCUT2D eigenvalue weighted by atomic mass is 15.2. The molecule has 3 heteroatoms. The van der Waals surface area contributed by atoms with Crippen LogP contribution in [0, 0.1) is 0 Å². The van der Waals surface area contributed by atoms with Gasteiger partial charge in [0.05, 0.1) is 33.8 Å². The summed E-state index contributed by atoms with van der Waals surface area (Å²) in [5.41, 5.74) is 12.6. The number of hydrogen-bond acceptors (Lipinski definition) is 2. The summed E-state index contributed by atoms with van der Waals surface area (Å²) in [6, 6.07) is 68.0. The third-order valence-electron chi connectivity index (χ3n) is 10.7. The van der Waals surface area contributed by atoms with Gasteiger partial charge in [0.1, 0.15) is 5.82 Å². The van der Waals surface area contributed by atoms with Crippen LogP contribution in [0.4, 0.5) is 17.1 Å². The molecule has 0 N–H and O–H groups in total. The lowest BCUT2D eigenvalue weighted by Crippen LogP contribution is -2.19. The Morgan fingerprint density at radius 3 is 1.67 bits per heavy atom. The Balaban J connectivity index is 1.18. The Morgan fingerprint density at radius 2 is 0.923 bits per heavy atom. The Hall–Kier alpha value is -6.97. The Bertz CT molecular complexity index is 2950. The number of aromatic nitrogens is 2. The third kappa shape index (κ3) is 4.23. The molecular weight excluding hydrogens is 631 g/mol. The van der Waals surface area contributed by atoms with E-state index in [0.717, 1.165) is 39.5 Å². The van der Waals surface area contributed by atoms with Crippen LogP contribution >= 0.6 is 0 Å². The Morgan fingerprint density at radius 1 is 0.365 bits per heavy atom. The Kier molecular flexibility index (Phi) is 6.25. The van der Waals surface area contributed by atoms with E-state index in [1.807, 2.05) is 0 Å². The summed E-state index contributed by atoms with van der Waals surface area (Å²) in [4.78, 5) is 7.81. The van der Waals surface area contributed by atoms with Crippen LogP contribution in [0.5, 0.6) is 0 Å². The molecule has 0 amide bonds. The standard InChI is InChI=1S/C49H31N3/c1-2-13-32(14-3-1)34-25-28-35(29-26-34)46-38-17-6-8-19-40(38)47(41-20-9-7-18-39(41)46)51-43-22-10-11-23-44(43)52-48-42(21-12-24-45(48)51)50-49(52)37-30-27-33-15-4-5-16-36(33)31-37/h1-31H. The topological polar surface area (TPSA) is 21.1 Å². The molecule has 0 aliphatic carbocycles. The van der Waals surface area contributed by atoms with Gasteiger partial charge in [0, 0.05) is 16.3 Å². The summed E-state index contributed by atoms with van der Waals surface area (Å²) in [5.74, 6) is 0.948. The summed E-state index contributed by atoms with van der Waals surface area (Å²) in [6.45, 7) is 0. The van der Waals surface area contributed by atoms with Gasteiger partial charge in [0.15, 0.2) is 0 Å². The lowest BCUT2D eigenvalue weighted by molar-refractivity contribution is 1.07. The number of benzene rings is 9. The SMILES string of the molecule is c1ccc(-c2ccc(-c3c4ccccc4c(N4c5ccccc5-n5c(-c6ccc7ccccc7c6)nc6cccc4c65)c4ccccc34)cc2)cc1. The van der Waals surface area contributed by atoms with E-state index in [1.165, 1.54) is 60.3 Å². The molecule has 0 unspecified atom stereocenters. The van der Waals surface area contributed by atoms with E-state index in [2.05, 4.69) is 198 Å². The van der Waals surface area contributed by atoms with E-state index >= 15 is 0 Å². The number of para-hydroxylation sites is 3. The molecule has 1 aliphatic rings. The second kappa shape index (κ2) is 11.3. The van der Waals surface area contributed by atoms with Crippen LogP contribution in [0.25, 0.3) is 82.7 Å². The number of anilines is 3. The van der Waals surface area contributed by atoms with Crippen LogP contribution in [0.1, 0.15) is 0 Å². The summed E-state index contributed by atoms with van der Waals surface area (Å²) in [5, 5.41) is 7.30. The monoisotopic (exact) mass is 661 g/mol. The van der Waals surface area contributed by atoms with Crippen molar-refractivity contribution in [3.63, 3.8) is 0 Å². The minimum absolute atomic E-state index is 0.948. The molecule has 10 aromatic rings. The highest BCUT2D eigenvalue weighted by Gasteiger charge is 2.31. The van der Waals surface area contributed by atoms with Crippen molar-refractivity contribution in [3.05, 3.63) is 188 Å². The molecular formula is C49H31N3. The van der Waals surface area contributed by atoms with E-state index in [1.54, 1.807) is 0 Å². The number of fused-ring (bicyclic) bond motifs is 5. The zero-order valence-electron chi connectivity index (χ0n) is 28.2. The zero-order chi connectivity index (χ0) is 34.2. The minimum Gasteiger partial charge on any atom is -0.305 e. The van der Waals surface area contributed by atoms with Crippen molar-refractivity contribution in [2.24, 2.45) is 0 Å². The largest absolute Gasteiger partial charge is 0.305 e. The van der Waals surface area contributed by atoms with Crippen molar-refractivity contribution in [1.82, 2.24) is 9.55 Å². The van der Waals surface area contributed by atoms with Gasteiger partial charge in [-0.25, -0.2) is 4.98 Å². The minimum atomic E-state index is 0.948. The first kappa shape index (κ1) is 28.8. The van der Waals surface area contributed by atoms with Crippen LogP contribution in [0.2, 0.25) is 0 Å². The second-order valence-electron chi connectivity index (χ2n) is 13.6. The molecule has 0 bridgehead atoms. The predicted octanol–water partition coefficient (Wildman–Crippen LogP) is 13.3. The van der Waals surface area contributed by atoms with Crippen LogP contribution in [-0.2, 0) is 0 Å². The first-order chi connectivity index (χ1) is 25.8. The van der Waals surface area contributed by atoms with Crippen molar-refractivity contribution in [2.45, 2.75) is 0 Å². The average molecular weight is 662 g/mol. The molecule has 9 aromatic carbocycles. The smallest absolute Gasteiger partial charge is 0.145 e. The molecule has 242 valence electrons. The average Bonchev–Trinajstić information content (AvgIpc) is 3.62. The van der Waals surface area contributed by atoms with Crippen molar-refractivity contribution in [2.75, 3.05) is 4.90 Å². The molecule has 11 rings (SSSR count). The van der Waals surface area contributed by atoms with Gasteiger partial charge in [-0.05, 0) is 74.1 Å². The zero-order valence-corrected chi connectivity index (χ0v) is 28.2. The van der Waals surface area contributed by atoms with Crippen LogP contribution in [0.15, 0.2) is 188 Å². The molecule has 0 radical (unpaired) electrons. The molecule has 0 fully saturated rings. The second-order valence-corrected chi connectivity index (χ2v) is 13.6. The molecule has 0 saturated carbocycles. The fourth-order valence-corrected chi connectivity index (χ4v) is 8.38. The van der Waals surface area contributed by atoms with Gasteiger partial charge in [0.25, 0.3) is 0 Å². The third-order valence-corrected chi connectivity index (χ3v) is 10.7. The van der Waals surface area contributed by atoms with Gasteiger partial charge in [-0.15, -0.1) is 0 Å². The fourth-order valence-electron chi connectivity index (χ4n) is 8.38. The normalized spacial score (nSPS) is 12.2. The quantitative estimate of drug-likeness (QED) is 0.175. The molecule has 0 saturated heterocycles. The Labute approximate surface area is 301 Å². The fraction of sp³-hybridized carbons (Fsp3) is 0. The van der Waals surface area contributed by atoms with E-state index < -0.39 is 0 Å². The summed E-state index contributed by atoms with van der Waals surface area (Å²) in [6.07, 6.45) is 0. The van der Waals surface area contributed by atoms with Gasteiger partial charge < -0.3 is 4.90 Å². The van der Waals surface area contributed by atoms with Crippen molar-refractivity contribution < 1.29 is 0 Å². The number of nitrogens with zero attached hydrogens (tertiary/aromatic N) is 3. The van der Waals surface area contributed by atoms with Crippen molar-refractivity contribution >= 4 is 60.4 Å². The van der Waals surface area contributed by atoms with Crippen LogP contribution < -0.4 is 4.90 Å². The lowest BCUT2D eigenvalue weighted by Gasteiger charge is -2.35. The molecule has 3 nitrogen and oxygen atoms in total. The maximum absolute atomic E-state index is 5.33. The molecule has 0 spiro atoms. The molecule has 2 heterocycles. The van der Waals surface area contributed by atoms with E-state index in [4.69, 9.17) is 4.98 Å². The molecule has 0 atom stereocenters. The maximum atomic E-state index is 5.33. The maximum Gasteiger partial charge on any atom is 0.145 e. The van der Waals surface area contributed by atoms with E-state index in [9.17, 15) is 0 Å². The van der Waals surface area contributed by atoms with Gasteiger partial charge in [-0.3, -0.25) is 4.57 Å². The number of imidazole rings is 1. The summed E-state index contributed by atoms with van der Waals surface area (Å²) in [7, 11) is 0. The first-order valence-electron chi connectivity index (χ1n) is 17.8. The number of hydrogen-bond donors (Lipinski definition) is 0. The molecule has 1 aromatic heterocycles. The van der Waals surface area contributed by atoms with Gasteiger partial charge >= 0.3 is 0 Å². The summed E-state index contributed by atoms with van der Waals surface area (Å²) >= 11 is 0. The van der Waals surface area contributed by atoms with Crippen LogP contribution in [0.3, 0.4) is 0 Å². The summed E-state index contributed by atoms with van der Waals surface area (Å²) < 4.78 is 2.37. The van der Waals surface area contributed by atoms with Gasteiger partial charge in [-0.2, -0.15) is 0 Å². The lowest BCUT2D eigenvalue weighted by atomic mass is 9.89. The highest BCUT2D eigenvalue weighted by molar-refractivity contribution is 6.23. The van der Waals surface area contributed by atoms with E-state index in [-0.39, 0.29) is 0 Å². The molecule has 52 heavy (non-hydrogen) atoms. The highest BCUT2D eigenvalue weighted by Crippen LogP contribution is 2.53. The number of rotatable bonds is 4. The van der Waals surface area contributed by atoms with E-state index in [0.29, 0.717) is 0 Å². The van der Waals surface area contributed by atoms with Crippen molar-refractivity contribution in [1.29, 1.82) is 0 Å².